The zero-order valence-corrected chi connectivity index (χ0v) is 14.4. The van der Waals surface area contributed by atoms with Gasteiger partial charge in [-0.25, -0.2) is 8.78 Å². The minimum atomic E-state index is -0.632. The van der Waals surface area contributed by atoms with E-state index in [1.54, 1.807) is 13.0 Å². The van der Waals surface area contributed by atoms with Gasteiger partial charge in [0.15, 0.2) is 0 Å². The van der Waals surface area contributed by atoms with Crippen LogP contribution in [-0.4, -0.2) is 12.5 Å². The second kappa shape index (κ2) is 7.66. The largest absolute Gasteiger partial charge is 0.325 e. The van der Waals surface area contributed by atoms with E-state index in [0.29, 0.717) is 11.3 Å². The molecule has 2 rings (SSSR count). The number of nitrogens with one attached hydrogen (secondary N) is 2. The van der Waals surface area contributed by atoms with E-state index in [1.165, 1.54) is 12.1 Å². The molecule has 2 N–H and O–H groups in total. The Bertz CT molecular complexity index is 722. The number of aryl methyl sites for hydroxylation is 1. The molecule has 1 amide bonds. The van der Waals surface area contributed by atoms with Crippen molar-refractivity contribution in [3.8, 4) is 0 Å². The third kappa shape index (κ3) is 4.84. The van der Waals surface area contributed by atoms with Gasteiger partial charge >= 0.3 is 0 Å². The van der Waals surface area contributed by atoms with Crippen LogP contribution in [0.15, 0.2) is 40.9 Å². The Morgan fingerprint density at radius 1 is 1.22 bits per heavy atom. The Morgan fingerprint density at radius 2 is 1.96 bits per heavy atom. The van der Waals surface area contributed by atoms with Crippen molar-refractivity contribution in [2.24, 2.45) is 0 Å². The molecule has 0 aliphatic heterocycles. The minimum absolute atomic E-state index is 0.0173. The highest BCUT2D eigenvalue weighted by Crippen LogP contribution is 2.21. The number of halogens is 3. The molecule has 0 saturated heterocycles. The van der Waals surface area contributed by atoms with Crippen molar-refractivity contribution in [1.82, 2.24) is 5.32 Å². The number of carbonyl (C=O) groups is 1. The number of carbonyl (C=O) groups excluding carboxylic acids is 1. The molecule has 0 fully saturated rings. The molecule has 6 heteroatoms. The Kier molecular flexibility index (Phi) is 5.85. The fraction of sp³-hybridized carbons (Fsp3) is 0.235. The van der Waals surface area contributed by atoms with Crippen LogP contribution in [0.2, 0.25) is 0 Å². The van der Waals surface area contributed by atoms with E-state index in [9.17, 15) is 13.6 Å². The standard InChI is InChI=1S/C17H17BrF2N2O/c1-10-3-5-13(8-15(10)18)22-17(23)9-21-11(2)14-6-4-12(19)7-16(14)20/h3-8,11,21H,9H2,1-2H3,(H,22,23)/t11-/m0/s1. The van der Waals surface area contributed by atoms with Crippen LogP contribution < -0.4 is 10.6 Å². The van der Waals surface area contributed by atoms with Gasteiger partial charge in [0.1, 0.15) is 11.6 Å². The quantitative estimate of drug-likeness (QED) is 0.807. The molecule has 0 bridgehead atoms. The van der Waals surface area contributed by atoms with Crippen molar-refractivity contribution in [3.05, 3.63) is 63.6 Å². The summed E-state index contributed by atoms with van der Waals surface area (Å²) in [4.78, 5) is 11.9. The lowest BCUT2D eigenvalue weighted by Gasteiger charge is -2.15. The summed E-state index contributed by atoms with van der Waals surface area (Å²) in [5.74, 6) is -1.50. The van der Waals surface area contributed by atoms with Crippen LogP contribution in [0, 0.1) is 18.6 Å². The molecular formula is C17H17BrF2N2O. The lowest BCUT2D eigenvalue weighted by molar-refractivity contribution is -0.115. The van der Waals surface area contributed by atoms with Crippen molar-refractivity contribution in [1.29, 1.82) is 0 Å². The van der Waals surface area contributed by atoms with E-state index in [1.807, 2.05) is 19.1 Å². The molecule has 0 spiro atoms. The molecule has 0 radical (unpaired) electrons. The Morgan fingerprint density at radius 3 is 2.61 bits per heavy atom. The normalized spacial score (nSPS) is 12.0. The number of rotatable bonds is 5. The number of hydrogen-bond donors (Lipinski definition) is 2. The van der Waals surface area contributed by atoms with Crippen LogP contribution in [-0.2, 0) is 4.79 Å². The van der Waals surface area contributed by atoms with Gasteiger partial charge in [0, 0.05) is 27.8 Å². The van der Waals surface area contributed by atoms with E-state index in [-0.39, 0.29) is 12.5 Å². The maximum absolute atomic E-state index is 13.7. The molecule has 0 aliphatic rings. The van der Waals surface area contributed by atoms with Gasteiger partial charge in [-0.3, -0.25) is 4.79 Å². The van der Waals surface area contributed by atoms with E-state index in [4.69, 9.17) is 0 Å². The van der Waals surface area contributed by atoms with Gasteiger partial charge < -0.3 is 10.6 Å². The van der Waals surface area contributed by atoms with Crippen LogP contribution in [0.5, 0.6) is 0 Å². The Hall–Kier alpha value is -1.79. The van der Waals surface area contributed by atoms with Crippen molar-refractivity contribution < 1.29 is 13.6 Å². The van der Waals surface area contributed by atoms with Gasteiger partial charge in [0.25, 0.3) is 0 Å². The maximum Gasteiger partial charge on any atom is 0.238 e. The van der Waals surface area contributed by atoms with E-state index in [2.05, 4.69) is 26.6 Å². The predicted molar refractivity (Wildman–Crippen MR) is 90.3 cm³/mol. The second-order valence-electron chi connectivity index (χ2n) is 5.28. The zero-order valence-electron chi connectivity index (χ0n) is 12.8. The van der Waals surface area contributed by atoms with Crippen LogP contribution in [0.1, 0.15) is 24.1 Å². The molecule has 0 aliphatic carbocycles. The molecule has 23 heavy (non-hydrogen) atoms. The maximum atomic E-state index is 13.7. The number of amides is 1. The summed E-state index contributed by atoms with van der Waals surface area (Å²) in [6, 6.07) is 8.50. The smallest absolute Gasteiger partial charge is 0.238 e. The summed E-state index contributed by atoms with van der Waals surface area (Å²) in [6.45, 7) is 3.69. The molecule has 122 valence electrons. The first kappa shape index (κ1) is 17.6. The van der Waals surface area contributed by atoms with Gasteiger partial charge in [-0.1, -0.05) is 28.1 Å². The van der Waals surface area contributed by atoms with Crippen molar-refractivity contribution in [3.63, 3.8) is 0 Å². The van der Waals surface area contributed by atoms with Gasteiger partial charge in [0.2, 0.25) is 5.91 Å². The lowest BCUT2D eigenvalue weighted by Crippen LogP contribution is -2.30. The molecule has 2 aromatic carbocycles. The molecule has 0 saturated carbocycles. The molecule has 0 aromatic heterocycles. The van der Waals surface area contributed by atoms with Gasteiger partial charge in [-0.15, -0.1) is 0 Å². The van der Waals surface area contributed by atoms with E-state index >= 15 is 0 Å². The first-order valence-corrected chi connectivity index (χ1v) is 7.90. The first-order chi connectivity index (χ1) is 10.9. The summed E-state index contributed by atoms with van der Waals surface area (Å²) in [5.41, 5.74) is 2.06. The topological polar surface area (TPSA) is 41.1 Å². The van der Waals surface area contributed by atoms with Gasteiger partial charge in [-0.2, -0.15) is 0 Å². The molecule has 1 atom stereocenters. The van der Waals surface area contributed by atoms with Crippen molar-refractivity contribution >= 4 is 27.5 Å². The van der Waals surface area contributed by atoms with Crippen LogP contribution in [0.4, 0.5) is 14.5 Å². The third-order valence-electron chi connectivity index (χ3n) is 3.45. The van der Waals surface area contributed by atoms with Crippen LogP contribution >= 0.6 is 15.9 Å². The molecular weight excluding hydrogens is 366 g/mol. The Labute approximate surface area is 142 Å². The highest BCUT2D eigenvalue weighted by molar-refractivity contribution is 9.10. The molecule has 3 nitrogen and oxygen atoms in total. The summed E-state index contributed by atoms with van der Waals surface area (Å²) in [6.07, 6.45) is 0. The number of anilines is 1. The Balaban J connectivity index is 1.91. The average molecular weight is 383 g/mol. The summed E-state index contributed by atoms with van der Waals surface area (Å²) in [5, 5.41) is 5.67. The fourth-order valence-corrected chi connectivity index (χ4v) is 2.46. The van der Waals surface area contributed by atoms with Crippen LogP contribution in [0.25, 0.3) is 0 Å². The van der Waals surface area contributed by atoms with Gasteiger partial charge in [0.05, 0.1) is 6.54 Å². The second-order valence-corrected chi connectivity index (χ2v) is 6.13. The SMILES string of the molecule is Cc1ccc(NC(=O)CN[C@@H](C)c2ccc(F)cc2F)cc1Br. The van der Waals surface area contributed by atoms with Crippen molar-refractivity contribution in [2.45, 2.75) is 19.9 Å². The summed E-state index contributed by atoms with van der Waals surface area (Å²) in [7, 11) is 0. The highest BCUT2D eigenvalue weighted by atomic mass is 79.9. The number of hydrogen-bond acceptors (Lipinski definition) is 2. The fourth-order valence-electron chi connectivity index (χ4n) is 2.08. The third-order valence-corrected chi connectivity index (χ3v) is 4.31. The van der Waals surface area contributed by atoms with Gasteiger partial charge in [-0.05, 0) is 37.6 Å². The number of benzene rings is 2. The molecule has 0 heterocycles. The van der Waals surface area contributed by atoms with E-state index < -0.39 is 17.7 Å². The molecule has 0 unspecified atom stereocenters. The van der Waals surface area contributed by atoms with E-state index in [0.717, 1.165) is 16.1 Å². The minimum Gasteiger partial charge on any atom is -0.325 e. The average Bonchev–Trinajstić information content (AvgIpc) is 2.48. The monoisotopic (exact) mass is 382 g/mol. The van der Waals surface area contributed by atoms with Crippen LogP contribution in [0.3, 0.4) is 0 Å². The summed E-state index contributed by atoms with van der Waals surface area (Å²) < 4.78 is 27.5. The molecule has 2 aromatic rings. The van der Waals surface area contributed by atoms with Crippen molar-refractivity contribution in [2.75, 3.05) is 11.9 Å². The first-order valence-electron chi connectivity index (χ1n) is 7.11. The summed E-state index contributed by atoms with van der Waals surface area (Å²) >= 11 is 3.40. The zero-order chi connectivity index (χ0) is 17.0. The lowest BCUT2D eigenvalue weighted by atomic mass is 10.1. The highest BCUT2D eigenvalue weighted by Gasteiger charge is 2.13. The predicted octanol–water partition coefficient (Wildman–Crippen LogP) is 4.33.